The average molecular weight is 363 g/mol. The van der Waals surface area contributed by atoms with E-state index in [4.69, 9.17) is 14.2 Å². The predicted molar refractivity (Wildman–Crippen MR) is 97.6 cm³/mol. The number of ether oxygens (including phenoxy) is 3. The van der Waals surface area contributed by atoms with Gasteiger partial charge in [-0.3, -0.25) is 0 Å². The summed E-state index contributed by atoms with van der Waals surface area (Å²) in [4.78, 5) is 11.9. The van der Waals surface area contributed by atoms with Gasteiger partial charge in [-0.25, -0.2) is 9.48 Å². The number of nitriles is 1. The van der Waals surface area contributed by atoms with Crippen molar-refractivity contribution in [1.82, 2.24) is 9.78 Å². The molecule has 0 amide bonds. The third kappa shape index (κ3) is 3.81. The van der Waals surface area contributed by atoms with Gasteiger partial charge in [0.15, 0.2) is 12.5 Å². The molecule has 0 aliphatic carbocycles. The number of carbonyl (C=O) groups is 1. The standard InChI is InChI=1S/C20H17N3O4/c1-25-13-27-19-10-15(8-9-16(19)20(24)26-2)23-12-17(18(11-21)22-23)14-6-4-3-5-7-14/h3-10,12H,13H2,1-2H3. The largest absolute Gasteiger partial charge is 0.467 e. The lowest BCUT2D eigenvalue weighted by molar-refractivity contribution is 0.0465. The molecule has 0 aliphatic heterocycles. The summed E-state index contributed by atoms with van der Waals surface area (Å²) < 4.78 is 16.8. The first-order chi connectivity index (χ1) is 13.2. The van der Waals surface area contributed by atoms with Gasteiger partial charge in [-0.05, 0) is 17.7 Å². The van der Waals surface area contributed by atoms with Crippen LogP contribution in [0, 0.1) is 11.3 Å². The SMILES string of the molecule is COCOc1cc(-n2cc(-c3ccccc3)c(C#N)n2)ccc1C(=O)OC. The molecule has 0 fully saturated rings. The fourth-order valence-corrected chi connectivity index (χ4v) is 2.59. The van der Waals surface area contributed by atoms with Gasteiger partial charge in [0.05, 0.1) is 12.8 Å². The van der Waals surface area contributed by atoms with Crippen LogP contribution in [0.4, 0.5) is 0 Å². The van der Waals surface area contributed by atoms with Gasteiger partial charge in [0, 0.05) is 24.9 Å². The molecule has 27 heavy (non-hydrogen) atoms. The van der Waals surface area contributed by atoms with Gasteiger partial charge in [0.1, 0.15) is 17.4 Å². The first kappa shape index (κ1) is 18.2. The van der Waals surface area contributed by atoms with E-state index in [1.165, 1.54) is 14.2 Å². The predicted octanol–water partition coefficient (Wildman–Crippen LogP) is 3.18. The smallest absolute Gasteiger partial charge is 0.341 e. The highest BCUT2D eigenvalue weighted by Crippen LogP contribution is 2.27. The quantitative estimate of drug-likeness (QED) is 0.494. The molecule has 0 radical (unpaired) electrons. The number of rotatable bonds is 6. The first-order valence-corrected chi connectivity index (χ1v) is 8.07. The monoisotopic (exact) mass is 363 g/mol. The Morgan fingerprint density at radius 2 is 1.96 bits per heavy atom. The summed E-state index contributed by atoms with van der Waals surface area (Å²) in [5.74, 6) is -0.215. The lowest BCUT2D eigenvalue weighted by Crippen LogP contribution is -2.08. The van der Waals surface area contributed by atoms with Crippen LogP contribution in [0.2, 0.25) is 0 Å². The van der Waals surface area contributed by atoms with Crippen LogP contribution in [0.5, 0.6) is 5.75 Å². The van der Waals surface area contributed by atoms with E-state index in [1.807, 2.05) is 30.3 Å². The van der Waals surface area contributed by atoms with Crippen molar-refractivity contribution in [2.45, 2.75) is 0 Å². The summed E-state index contributed by atoms with van der Waals surface area (Å²) in [6.07, 6.45) is 1.77. The lowest BCUT2D eigenvalue weighted by atomic mass is 10.1. The van der Waals surface area contributed by atoms with Crippen molar-refractivity contribution in [3.05, 3.63) is 66.0 Å². The van der Waals surface area contributed by atoms with Gasteiger partial charge in [-0.1, -0.05) is 30.3 Å². The number of hydrogen-bond acceptors (Lipinski definition) is 6. The van der Waals surface area contributed by atoms with Crippen LogP contribution in [-0.4, -0.2) is 36.8 Å². The third-order valence-corrected chi connectivity index (χ3v) is 3.87. The number of aromatic nitrogens is 2. The van der Waals surface area contributed by atoms with Crippen LogP contribution >= 0.6 is 0 Å². The Morgan fingerprint density at radius 3 is 2.63 bits per heavy atom. The van der Waals surface area contributed by atoms with E-state index in [9.17, 15) is 10.1 Å². The summed E-state index contributed by atoms with van der Waals surface area (Å²) in [6, 6.07) is 16.6. The molecule has 0 spiro atoms. The highest BCUT2D eigenvalue weighted by molar-refractivity contribution is 5.92. The van der Waals surface area contributed by atoms with Gasteiger partial charge < -0.3 is 14.2 Å². The van der Waals surface area contributed by atoms with Crippen molar-refractivity contribution in [2.75, 3.05) is 21.0 Å². The summed E-state index contributed by atoms with van der Waals surface area (Å²) in [5.41, 5.74) is 2.82. The number of carbonyl (C=O) groups excluding carboxylic acids is 1. The molecular formula is C20H17N3O4. The van der Waals surface area contributed by atoms with Crippen molar-refractivity contribution < 1.29 is 19.0 Å². The maximum Gasteiger partial charge on any atom is 0.341 e. The normalized spacial score (nSPS) is 10.3. The van der Waals surface area contributed by atoms with Gasteiger partial charge in [-0.15, -0.1) is 0 Å². The molecule has 0 atom stereocenters. The minimum Gasteiger partial charge on any atom is -0.467 e. The highest BCUT2D eigenvalue weighted by Gasteiger charge is 2.17. The maximum absolute atomic E-state index is 11.9. The summed E-state index contributed by atoms with van der Waals surface area (Å²) in [5, 5.41) is 13.8. The fraction of sp³-hybridized carbons (Fsp3) is 0.150. The Labute approximate surface area is 156 Å². The van der Waals surface area contributed by atoms with Crippen LogP contribution in [0.15, 0.2) is 54.7 Å². The Balaban J connectivity index is 2.05. The molecule has 0 unspecified atom stereocenters. The number of hydrogen-bond donors (Lipinski definition) is 0. The second-order valence-corrected chi connectivity index (χ2v) is 5.54. The second-order valence-electron chi connectivity index (χ2n) is 5.54. The van der Waals surface area contributed by atoms with Crippen LogP contribution in [0.1, 0.15) is 16.1 Å². The molecule has 0 saturated heterocycles. The average Bonchev–Trinajstić information content (AvgIpc) is 3.16. The summed E-state index contributed by atoms with van der Waals surface area (Å²) in [6.45, 7) is -0.0226. The molecule has 0 saturated carbocycles. The molecule has 3 rings (SSSR count). The molecule has 0 aliphatic rings. The van der Waals surface area contributed by atoms with Gasteiger partial charge in [0.25, 0.3) is 0 Å². The number of methoxy groups -OCH3 is 2. The second kappa shape index (κ2) is 8.17. The lowest BCUT2D eigenvalue weighted by Gasteiger charge is -2.11. The van der Waals surface area contributed by atoms with Crippen LogP contribution in [0.25, 0.3) is 16.8 Å². The van der Waals surface area contributed by atoms with Gasteiger partial charge in [-0.2, -0.15) is 10.4 Å². The van der Waals surface area contributed by atoms with Crippen molar-refractivity contribution in [2.24, 2.45) is 0 Å². The molecule has 7 nitrogen and oxygen atoms in total. The molecule has 136 valence electrons. The van der Waals surface area contributed by atoms with E-state index >= 15 is 0 Å². The molecular weight excluding hydrogens is 346 g/mol. The van der Waals surface area contributed by atoms with Crippen LogP contribution < -0.4 is 4.74 Å². The van der Waals surface area contributed by atoms with E-state index < -0.39 is 5.97 Å². The minimum atomic E-state index is -0.518. The van der Waals surface area contributed by atoms with Crippen molar-refractivity contribution in [3.63, 3.8) is 0 Å². The third-order valence-electron chi connectivity index (χ3n) is 3.87. The molecule has 0 bridgehead atoms. The highest BCUT2D eigenvalue weighted by atomic mass is 16.7. The fourth-order valence-electron chi connectivity index (χ4n) is 2.59. The van der Waals surface area contributed by atoms with E-state index in [2.05, 4.69) is 11.2 Å². The molecule has 2 aromatic carbocycles. The maximum atomic E-state index is 11.9. The number of nitrogens with zero attached hydrogens (tertiary/aromatic N) is 3. The summed E-state index contributed by atoms with van der Waals surface area (Å²) >= 11 is 0. The van der Waals surface area contributed by atoms with Crippen LogP contribution in [-0.2, 0) is 9.47 Å². The number of benzene rings is 2. The minimum absolute atomic E-state index is 0.0226. The molecule has 0 N–H and O–H groups in total. The first-order valence-electron chi connectivity index (χ1n) is 8.07. The molecule has 7 heteroatoms. The topological polar surface area (TPSA) is 86.4 Å². The molecule has 3 aromatic rings. The van der Waals surface area contributed by atoms with Crippen LogP contribution in [0.3, 0.4) is 0 Å². The van der Waals surface area contributed by atoms with E-state index in [0.29, 0.717) is 17.1 Å². The zero-order valence-electron chi connectivity index (χ0n) is 14.9. The molecule has 1 heterocycles. The Kier molecular flexibility index (Phi) is 5.50. The van der Waals surface area contributed by atoms with Crippen molar-refractivity contribution in [3.8, 4) is 28.6 Å². The molecule has 1 aromatic heterocycles. The van der Waals surface area contributed by atoms with Crippen molar-refractivity contribution >= 4 is 5.97 Å². The Morgan fingerprint density at radius 1 is 1.19 bits per heavy atom. The number of esters is 1. The van der Waals surface area contributed by atoms with E-state index in [1.54, 1.807) is 29.1 Å². The van der Waals surface area contributed by atoms with E-state index in [0.717, 1.165) is 11.1 Å². The van der Waals surface area contributed by atoms with Gasteiger partial charge in [0.2, 0.25) is 0 Å². The van der Waals surface area contributed by atoms with E-state index in [-0.39, 0.29) is 12.4 Å². The van der Waals surface area contributed by atoms with Crippen molar-refractivity contribution in [1.29, 1.82) is 5.26 Å². The zero-order chi connectivity index (χ0) is 19.2. The summed E-state index contributed by atoms with van der Waals surface area (Å²) in [7, 11) is 2.79. The van der Waals surface area contributed by atoms with Gasteiger partial charge >= 0.3 is 5.97 Å². The zero-order valence-corrected chi connectivity index (χ0v) is 14.9. The Bertz CT molecular complexity index is 990. The Hall–Kier alpha value is -3.63.